The van der Waals surface area contributed by atoms with Gasteiger partial charge in [0.15, 0.2) is 0 Å². The molecule has 0 aliphatic carbocycles. The van der Waals surface area contributed by atoms with Crippen LogP contribution >= 0.6 is 22.9 Å². The first-order valence-electron chi connectivity index (χ1n) is 11.3. The van der Waals surface area contributed by atoms with Crippen molar-refractivity contribution in [2.45, 2.75) is 0 Å². The number of morpholine rings is 1. The van der Waals surface area contributed by atoms with Crippen LogP contribution in [0.25, 0.3) is 37.1 Å². The number of H-pyrrole nitrogens is 1. The van der Waals surface area contributed by atoms with Crippen LogP contribution in [0.15, 0.2) is 64.4 Å². The number of fused-ring (bicyclic) bond motifs is 2. The van der Waals surface area contributed by atoms with Crippen LogP contribution in [0, 0.1) is 0 Å². The first kappa shape index (κ1) is 23.4. The van der Waals surface area contributed by atoms with Gasteiger partial charge < -0.3 is 19.4 Å². The van der Waals surface area contributed by atoms with Crippen molar-refractivity contribution in [2.75, 3.05) is 31.8 Å². The van der Waals surface area contributed by atoms with Gasteiger partial charge in [0.2, 0.25) is 0 Å². The van der Waals surface area contributed by atoms with Gasteiger partial charge in [-0.15, -0.1) is 11.3 Å². The van der Waals surface area contributed by atoms with E-state index in [0.29, 0.717) is 61.3 Å². The number of aromatic amines is 1. The fourth-order valence-corrected chi connectivity index (χ4v) is 5.80. The van der Waals surface area contributed by atoms with E-state index < -0.39 is 11.2 Å². The molecule has 0 bridgehead atoms. The number of thiophene rings is 1. The Morgan fingerprint density at radius 3 is 2.78 bits per heavy atom. The number of hydrogen-bond donors (Lipinski definition) is 1. The number of ether oxygens (including phenoxy) is 2. The molecular weight excluding hydrogens is 516 g/mol. The fourth-order valence-electron chi connectivity index (χ4n) is 4.45. The lowest BCUT2D eigenvalue weighted by atomic mass is 10.1. The fraction of sp³-hybridized carbons (Fsp3) is 0.154. The molecule has 6 rings (SSSR count). The number of anilines is 1. The van der Waals surface area contributed by atoms with Crippen LogP contribution in [-0.2, 0) is 9.53 Å². The number of nitrogens with zero attached hydrogens (tertiary/aromatic N) is 3. The number of halogens is 1. The maximum Gasteiger partial charge on any atom is 0.333 e. The van der Waals surface area contributed by atoms with E-state index in [9.17, 15) is 14.4 Å². The smallest absolute Gasteiger partial charge is 0.333 e. The molecule has 5 aromatic rings. The maximum atomic E-state index is 13.7. The summed E-state index contributed by atoms with van der Waals surface area (Å²) in [7, 11) is 1.56. The quantitative estimate of drug-likeness (QED) is 0.374. The van der Waals surface area contributed by atoms with Crippen molar-refractivity contribution in [3.05, 3.63) is 80.7 Å². The van der Waals surface area contributed by atoms with Crippen molar-refractivity contribution in [2.24, 2.45) is 0 Å². The van der Waals surface area contributed by atoms with Crippen molar-refractivity contribution in [1.29, 1.82) is 0 Å². The predicted molar refractivity (Wildman–Crippen MR) is 144 cm³/mol. The van der Waals surface area contributed by atoms with Crippen LogP contribution < -0.4 is 20.9 Å². The van der Waals surface area contributed by atoms with Gasteiger partial charge in [-0.3, -0.25) is 14.6 Å². The molecule has 0 spiro atoms. The Morgan fingerprint density at radius 2 is 1.97 bits per heavy atom. The van der Waals surface area contributed by atoms with Crippen LogP contribution in [0.2, 0.25) is 5.02 Å². The third kappa shape index (κ3) is 3.99. The molecule has 1 aliphatic heterocycles. The monoisotopic (exact) mass is 534 g/mol. The molecule has 0 atom stereocenters. The van der Waals surface area contributed by atoms with Gasteiger partial charge in [0.05, 0.1) is 31.1 Å². The van der Waals surface area contributed by atoms with E-state index in [1.54, 1.807) is 48.5 Å². The lowest BCUT2D eigenvalue weighted by Gasteiger charge is -2.27. The molecule has 3 aromatic heterocycles. The Labute approximate surface area is 218 Å². The Kier molecular flexibility index (Phi) is 5.79. The van der Waals surface area contributed by atoms with Crippen LogP contribution in [0.3, 0.4) is 0 Å². The highest BCUT2D eigenvalue weighted by molar-refractivity contribution is 7.22. The van der Waals surface area contributed by atoms with Crippen molar-refractivity contribution in [3.8, 4) is 21.9 Å². The third-order valence-corrected chi connectivity index (χ3v) is 7.76. The molecular formula is C26H19ClN4O5S. The number of pyridine rings is 1. The highest BCUT2D eigenvalue weighted by Gasteiger charge is 2.22. The second kappa shape index (κ2) is 9.15. The third-order valence-electron chi connectivity index (χ3n) is 6.27. The Morgan fingerprint density at radius 1 is 1.11 bits per heavy atom. The van der Waals surface area contributed by atoms with Gasteiger partial charge in [0, 0.05) is 44.7 Å². The van der Waals surface area contributed by atoms with E-state index in [-0.39, 0.29) is 12.5 Å². The molecule has 11 heteroatoms. The maximum absolute atomic E-state index is 13.7. The Bertz CT molecular complexity index is 1830. The number of rotatable bonds is 4. The van der Waals surface area contributed by atoms with E-state index in [2.05, 4.69) is 9.97 Å². The van der Waals surface area contributed by atoms with Gasteiger partial charge in [0.25, 0.3) is 11.5 Å². The standard InChI is InChI=1S/C26H19ClN4O5S/c1-35-16-4-5-19(27)18(9-16)22-10-20-24(37-22)25(33)31(26(34)29-20)21-12-28-11-14-2-3-15(8-17(14)21)30-6-7-36-13-23(30)32/h2-5,8-12H,6-7,13H2,1H3,(H,29,34). The minimum atomic E-state index is -0.597. The van der Waals surface area contributed by atoms with E-state index in [4.69, 9.17) is 21.1 Å². The summed E-state index contributed by atoms with van der Waals surface area (Å²) in [5.41, 5.74) is 1.02. The number of methoxy groups -OCH3 is 1. The van der Waals surface area contributed by atoms with E-state index >= 15 is 0 Å². The molecule has 1 saturated heterocycles. The highest BCUT2D eigenvalue weighted by atomic mass is 35.5. The van der Waals surface area contributed by atoms with Gasteiger partial charge in [0.1, 0.15) is 17.1 Å². The van der Waals surface area contributed by atoms with Crippen LogP contribution in [0.4, 0.5) is 5.69 Å². The highest BCUT2D eigenvalue weighted by Crippen LogP contribution is 2.37. The molecule has 4 heterocycles. The molecule has 9 nitrogen and oxygen atoms in total. The lowest BCUT2D eigenvalue weighted by molar-refractivity contribution is -0.125. The number of benzene rings is 2. The zero-order chi connectivity index (χ0) is 25.7. The summed E-state index contributed by atoms with van der Waals surface area (Å²) in [6.07, 6.45) is 3.12. The number of carbonyl (C=O) groups is 1. The average molecular weight is 535 g/mol. The average Bonchev–Trinajstić information content (AvgIpc) is 3.33. The minimum absolute atomic E-state index is 0.00898. The molecule has 0 saturated carbocycles. The predicted octanol–water partition coefficient (Wildman–Crippen LogP) is 3.98. The van der Waals surface area contributed by atoms with Gasteiger partial charge in [-0.25, -0.2) is 9.36 Å². The second-order valence-corrected chi connectivity index (χ2v) is 9.89. The van der Waals surface area contributed by atoms with E-state index in [1.807, 2.05) is 12.1 Å². The number of amides is 1. The minimum Gasteiger partial charge on any atom is -0.497 e. The Balaban J connectivity index is 1.53. The molecule has 186 valence electrons. The summed E-state index contributed by atoms with van der Waals surface area (Å²) in [6.45, 7) is 0.859. The Hall–Kier alpha value is -3.99. The number of carbonyl (C=O) groups excluding carboxylic acids is 1. The molecule has 1 aliphatic rings. The molecule has 0 radical (unpaired) electrons. The van der Waals surface area contributed by atoms with Crippen LogP contribution in [0.5, 0.6) is 5.75 Å². The van der Waals surface area contributed by atoms with Crippen LogP contribution in [-0.4, -0.2) is 47.3 Å². The van der Waals surface area contributed by atoms with Crippen molar-refractivity contribution >= 4 is 55.5 Å². The van der Waals surface area contributed by atoms with Gasteiger partial charge in [-0.05, 0) is 36.4 Å². The molecule has 1 fully saturated rings. The van der Waals surface area contributed by atoms with Crippen molar-refractivity contribution < 1.29 is 14.3 Å². The first-order valence-corrected chi connectivity index (χ1v) is 12.5. The van der Waals surface area contributed by atoms with Gasteiger partial charge in [-0.2, -0.15) is 0 Å². The van der Waals surface area contributed by atoms with Gasteiger partial charge in [-0.1, -0.05) is 17.7 Å². The summed E-state index contributed by atoms with van der Waals surface area (Å²) in [4.78, 5) is 48.7. The topological polar surface area (TPSA) is 107 Å². The van der Waals surface area contributed by atoms with E-state index in [0.717, 1.165) is 9.95 Å². The SMILES string of the molecule is COc1ccc(Cl)c(-c2cc3[nH]c(=O)n(-c4cncc5ccc(N6CCOCC6=O)cc45)c(=O)c3s2)c1. The van der Waals surface area contributed by atoms with Gasteiger partial charge >= 0.3 is 5.69 Å². The number of hydrogen-bond acceptors (Lipinski definition) is 7. The normalized spacial score (nSPS) is 14.0. The molecule has 0 unspecified atom stereocenters. The molecule has 1 amide bonds. The summed E-state index contributed by atoms with van der Waals surface area (Å²) in [6, 6.07) is 12.4. The first-order chi connectivity index (χ1) is 17.9. The molecule has 1 N–H and O–H groups in total. The molecule has 37 heavy (non-hydrogen) atoms. The van der Waals surface area contributed by atoms with Crippen LogP contribution in [0.1, 0.15) is 0 Å². The molecule has 2 aromatic carbocycles. The zero-order valence-corrected chi connectivity index (χ0v) is 21.1. The summed E-state index contributed by atoms with van der Waals surface area (Å²) >= 11 is 7.65. The van der Waals surface area contributed by atoms with E-state index in [1.165, 1.54) is 17.5 Å². The summed E-state index contributed by atoms with van der Waals surface area (Å²) < 4.78 is 12.0. The zero-order valence-electron chi connectivity index (χ0n) is 19.5. The number of nitrogens with one attached hydrogen (secondary N) is 1. The largest absolute Gasteiger partial charge is 0.497 e. The lowest BCUT2D eigenvalue weighted by Crippen LogP contribution is -2.41. The second-order valence-electron chi connectivity index (χ2n) is 8.43. The summed E-state index contributed by atoms with van der Waals surface area (Å²) in [5, 5.41) is 1.84. The number of aromatic nitrogens is 3. The van der Waals surface area contributed by atoms with Crippen molar-refractivity contribution in [3.63, 3.8) is 0 Å². The van der Waals surface area contributed by atoms with Crippen molar-refractivity contribution in [1.82, 2.24) is 14.5 Å². The summed E-state index contributed by atoms with van der Waals surface area (Å²) in [5.74, 6) is 0.471.